The Balaban J connectivity index is 0.000000156. The van der Waals surface area contributed by atoms with E-state index in [9.17, 15) is 0 Å². The van der Waals surface area contributed by atoms with Crippen molar-refractivity contribution >= 4 is 51.3 Å². The lowest BCUT2D eigenvalue weighted by molar-refractivity contribution is 0.00578. The zero-order valence-electron chi connectivity index (χ0n) is 39.2. The number of anilines is 4. The maximum absolute atomic E-state index is 6.27. The van der Waals surface area contributed by atoms with E-state index in [0.29, 0.717) is 0 Å². The first kappa shape index (κ1) is 43.3. The summed E-state index contributed by atoms with van der Waals surface area (Å²) in [5.74, 6) is 0. The molecule has 5 aliphatic rings. The van der Waals surface area contributed by atoms with Crippen molar-refractivity contribution in [2.75, 3.05) is 9.80 Å². The molecule has 6 aromatic carbocycles. The molecule has 0 spiro atoms. The molecule has 328 valence electrons. The standard InChI is InChI=1S/C32H38BNO2.C26H26BrN/c1-29(2)30(3,4)36-33(35-29)25-17-14-23(15-18-25)24-16-19-28-27(22-24)31(5)20-10-11-21-32(31,6)34(28)26-12-8-7-9-13-26;1-25-16-6-7-17-26(25,2)28(22-8-4-3-5-9-22)24-15-12-20(18-23(24)25)19-10-13-21(27)14-11-19/h7-9,12-19,22H,10-11,20-21H2,1-6H3;3-5,8-15,18H,6-7,16-17H2,1-2H3. The lowest BCUT2D eigenvalue weighted by Gasteiger charge is -2.50. The van der Waals surface area contributed by atoms with E-state index >= 15 is 0 Å². The highest BCUT2D eigenvalue weighted by molar-refractivity contribution is 9.10. The number of benzene rings is 6. The predicted octanol–water partition coefficient (Wildman–Crippen LogP) is 15.3. The van der Waals surface area contributed by atoms with Crippen molar-refractivity contribution < 1.29 is 9.31 Å². The van der Waals surface area contributed by atoms with Gasteiger partial charge < -0.3 is 19.1 Å². The highest BCUT2D eigenvalue weighted by Crippen LogP contribution is 2.62. The van der Waals surface area contributed by atoms with Crippen LogP contribution in [-0.2, 0) is 20.1 Å². The van der Waals surface area contributed by atoms with Crippen LogP contribution in [0.4, 0.5) is 22.7 Å². The monoisotopic (exact) mass is 910 g/mol. The second-order valence-electron chi connectivity index (χ2n) is 21.1. The van der Waals surface area contributed by atoms with Gasteiger partial charge in [-0.15, -0.1) is 0 Å². The van der Waals surface area contributed by atoms with Gasteiger partial charge in [-0.25, -0.2) is 0 Å². The average molecular weight is 912 g/mol. The molecule has 64 heavy (non-hydrogen) atoms. The summed E-state index contributed by atoms with van der Waals surface area (Å²) in [7, 11) is -0.328. The number of nitrogens with zero attached hydrogens (tertiary/aromatic N) is 2. The van der Waals surface area contributed by atoms with E-state index in [0.717, 1.165) is 9.94 Å². The first-order valence-electron chi connectivity index (χ1n) is 23.8. The van der Waals surface area contributed by atoms with Crippen molar-refractivity contribution in [2.45, 2.75) is 140 Å². The Morgan fingerprint density at radius 1 is 0.438 bits per heavy atom. The third kappa shape index (κ3) is 6.75. The van der Waals surface area contributed by atoms with E-state index in [4.69, 9.17) is 9.31 Å². The Bertz CT molecular complexity index is 2650. The van der Waals surface area contributed by atoms with Crippen LogP contribution in [0, 0.1) is 0 Å². The van der Waals surface area contributed by atoms with E-state index in [1.165, 1.54) is 107 Å². The third-order valence-electron chi connectivity index (χ3n) is 17.2. The minimum atomic E-state index is -0.330. The number of fused-ring (bicyclic) bond motifs is 6. The minimum Gasteiger partial charge on any atom is -0.399 e. The molecule has 2 saturated carbocycles. The fourth-order valence-corrected chi connectivity index (χ4v) is 12.5. The number of hydrogen-bond acceptors (Lipinski definition) is 4. The van der Waals surface area contributed by atoms with E-state index < -0.39 is 0 Å². The number of para-hydroxylation sites is 2. The summed E-state index contributed by atoms with van der Waals surface area (Å²) in [5.41, 5.74) is 14.4. The van der Waals surface area contributed by atoms with Crippen LogP contribution in [-0.4, -0.2) is 29.4 Å². The van der Waals surface area contributed by atoms with Crippen molar-refractivity contribution in [1.82, 2.24) is 0 Å². The van der Waals surface area contributed by atoms with Crippen molar-refractivity contribution in [3.63, 3.8) is 0 Å². The Morgan fingerprint density at radius 3 is 1.23 bits per heavy atom. The maximum Gasteiger partial charge on any atom is 0.494 e. The van der Waals surface area contributed by atoms with E-state index in [2.05, 4.69) is 227 Å². The largest absolute Gasteiger partial charge is 0.494 e. The maximum atomic E-state index is 6.27. The van der Waals surface area contributed by atoms with Crippen LogP contribution >= 0.6 is 15.9 Å². The number of hydrogen-bond donors (Lipinski definition) is 0. The van der Waals surface area contributed by atoms with Gasteiger partial charge in [0.1, 0.15) is 0 Å². The molecule has 0 bridgehead atoms. The van der Waals surface area contributed by atoms with Crippen molar-refractivity contribution in [3.8, 4) is 22.3 Å². The summed E-state index contributed by atoms with van der Waals surface area (Å²) >= 11 is 3.56. The molecule has 1 saturated heterocycles. The fraction of sp³-hybridized carbons (Fsp3) is 0.379. The molecule has 0 N–H and O–H groups in total. The molecule has 2 aliphatic carbocycles. The molecule has 0 radical (unpaired) electrons. The quantitative estimate of drug-likeness (QED) is 0.161. The molecule has 3 aliphatic heterocycles. The van der Waals surface area contributed by atoms with Gasteiger partial charge in [-0.3, -0.25) is 0 Å². The molecular weight excluding hydrogens is 847 g/mol. The van der Waals surface area contributed by atoms with Crippen molar-refractivity contribution in [2.24, 2.45) is 0 Å². The van der Waals surface area contributed by atoms with Gasteiger partial charge in [-0.2, -0.15) is 0 Å². The van der Waals surface area contributed by atoms with Gasteiger partial charge in [0.05, 0.1) is 22.3 Å². The molecule has 11 rings (SSSR count). The normalized spacial score (nSPS) is 27.2. The molecule has 3 fully saturated rings. The van der Waals surface area contributed by atoms with Gasteiger partial charge in [-0.05, 0) is 167 Å². The highest BCUT2D eigenvalue weighted by atomic mass is 79.9. The fourth-order valence-electron chi connectivity index (χ4n) is 12.2. The highest BCUT2D eigenvalue weighted by Gasteiger charge is 2.59. The zero-order chi connectivity index (χ0) is 44.7. The van der Waals surface area contributed by atoms with Gasteiger partial charge in [0, 0.05) is 38.1 Å². The molecule has 3 heterocycles. The van der Waals surface area contributed by atoms with Crippen molar-refractivity contribution in [3.05, 3.63) is 161 Å². The Hall–Kier alpha value is -4.62. The Labute approximate surface area is 391 Å². The summed E-state index contributed by atoms with van der Waals surface area (Å²) in [6.45, 7) is 18.4. The molecule has 4 nitrogen and oxygen atoms in total. The Morgan fingerprint density at radius 2 is 0.812 bits per heavy atom. The van der Waals surface area contributed by atoms with Gasteiger partial charge >= 0.3 is 7.12 Å². The molecular formula is C58H64BBrN2O2. The lowest BCUT2D eigenvalue weighted by Crippen LogP contribution is -2.54. The molecule has 6 heteroatoms. The van der Waals surface area contributed by atoms with Gasteiger partial charge in [0.15, 0.2) is 0 Å². The summed E-state index contributed by atoms with van der Waals surface area (Å²) < 4.78 is 13.7. The number of rotatable bonds is 5. The van der Waals surface area contributed by atoms with Crippen LogP contribution in [0.2, 0.25) is 0 Å². The molecule has 4 atom stereocenters. The third-order valence-corrected chi connectivity index (χ3v) is 17.7. The van der Waals surface area contributed by atoms with Crippen LogP contribution < -0.4 is 15.3 Å². The first-order chi connectivity index (χ1) is 30.6. The lowest BCUT2D eigenvalue weighted by atomic mass is 9.61. The second-order valence-corrected chi connectivity index (χ2v) is 22.1. The molecule has 6 aromatic rings. The molecule has 4 unspecified atom stereocenters. The van der Waals surface area contributed by atoms with Crippen LogP contribution in [0.25, 0.3) is 22.3 Å². The minimum absolute atomic E-state index is 0.0776. The molecule has 0 amide bonds. The zero-order valence-corrected chi connectivity index (χ0v) is 40.8. The van der Waals surface area contributed by atoms with Gasteiger partial charge in [0.2, 0.25) is 0 Å². The topological polar surface area (TPSA) is 24.9 Å². The summed E-state index contributed by atoms with van der Waals surface area (Å²) in [6, 6.07) is 53.6. The number of halogens is 1. The summed E-state index contributed by atoms with van der Waals surface area (Å²) in [4.78, 5) is 5.26. The second kappa shape index (κ2) is 15.8. The van der Waals surface area contributed by atoms with E-state index in [1.54, 1.807) is 0 Å². The van der Waals surface area contributed by atoms with Gasteiger partial charge in [0.25, 0.3) is 0 Å². The van der Waals surface area contributed by atoms with Crippen LogP contribution in [0.3, 0.4) is 0 Å². The summed E-state index contributed by atoms with van der Waals surface area (Å²) in [6.07, 6.45) is 10.1. The molecule has 0 aromatic heterocycles. The van der Waals surface area contributed by atoms with Crippen LogP contribution in [0.1, 0.15) is 118 Å². The smallest absolute Gasteiger partial charge is 0.399 e. The van der Waals surface area contributed by atoms with Crippen LogP contribution in [0.15, 0.2) is 150 Å². The predicted molar refractivity (Wildman–Crippen MR) is 273 cm³/mol. The summed E-state index contributed by atoms with van der Waals surface area (Å²) in [5, 5.41) is 0. The van der Waals surface area contributed by atoms with Gasteiger partial charge in [-0.1, -0.05) is 140 Å². The SMILES string of the molecule is CC1(C)OB(c2ccc(-c3ccc4c(c3)C3(C)CCCCC3(C)N4c3ccccc3)cc2)OC1(C)C.CC12CCCCC1(C)N(c1ccccc1)c1ccc(-c3ccc(Br)cc3)cc12. The first-order valence-corrected chi connectivity index (χ1v) is 24.6. The van der Waals surface area contributed by atoms with Crippen molar-refractivity contribution in [1.29, 1.82) is 0 Å². The van der Waals surface area contributed by atoms with E-state index in [1.807, 2.05) is 0 Å². The average Bonchev–Trinajstić information content (AvgIpc) is 3.75. The van der Waals surface area contributed by atoms with E-state index in [-0.39, 0.29) is 40.2 Å². The Kier molecular flexibility index (Phi) is 10.7. The van der Waals surface area contributed by atoms with Crippen LogP contribution in [0.5, 0.6) is 0 Å².